The van der Waals surface area contributed by atoms with Crippen LogP contribution in [0.25, 0.3) is 44.3 Å². The Balaban J connectivity index is 1.93. The first-order valence-electron chi connectivity index (χ1n) is 9.99. The number of aryl methyl sites for hydroxylation is 3. The van der Waals surface area contributed by atoms with Crippen molar-refractivity contribution in [2.24, 2.45) is 7.05 Å². The monoisotopic (exact) mass is 389 g/mol. The van der Waals surface area contributed by atoms with Gasteiger partial charge in [0.05, 0.1) is 17.2 Å². The Morgan fingerprint density at radius 1 is 0.867 bits per heavy atom. The summed E-state index contributed by atoms with van der Waals surface area (Å²) in [5.74, 6) is 0. The SMILES string of the molecule is Cc1ccc(-c2c(C#N)ccc3oc4c(-c5cccc[n+]5C)c(C)ccc4c23)cc1. The van der Waals surface area contributed by atoms with Gasteiger partial charge in [0.1, 0.15) is 18.2 Å². The fraction of sp³-hybridized carbons (Fsp3) is 0.111. The second-order valence-corrected chi connectivity index (χ2v) is 7.77. The van der Waals surface area contributed by atoms with E-state index in [9.17, 15) is 5.26 Å². The summed E-state index contributed by atoms with van der Waals surface area (Å²) in [6.07, 6.45) is 2.04. The quantitative estimate of drug-likeness (QED) is 0.336. The van der Waals surface area contributed by atoms with Gasteiger partial charge in [-0.15, -0.1) is 0 Å². The minimum Gasteiger partial charge on any atom is -0.455 e. The lowest BCUT2D eigenvalue weighted by Crippen LogP contribution is -2.30. The Kier molecular flexibility index (Phi) is 4.15. The zero-order valence-electron chi connectivity index (χ0n) is 17.2. The molecule has 3 aromatic carbocycles. The van der Waals surface area contributed by atoms with Crippen LogP contribution in [0.2, 0.25) is 0 Å². The van der Waals surface area contributed by atoms with Crippen LogP contribution in [0.1, 0.15) is 16.7 Å². The molecule has 2 heterocycles. The van der Waals surface area contributed by atoms with Crippen molar-refractivity contribution in [3.63, 3.8) is 0 Å². The van der Waals surface area contributed by atoms with Crippen molar-refractivity contribution in [3.8, 4) is 28.5 Å². The van der Waals surface area contributed by atoms with E-state index >= 15 is 0 Å². The maximum Gasteiger partial charge on any atom is 0.216 e. The van der Waals surface area contributed by atoms with Crippen molar-refractivity contribution in [1.82, 2.24) is 0 Å². The van der Waals surface area contributed by atoms with Gasteiger partial charge in [-0.3, -0.25) is 0 Å². The summed E-state index contributed by atoms with van der Waals surface area (Å²) in [6.45, 7) is 4.17. The number of pyridine rings is 1. The average molecular weight is 389 g/mol. The summed E-state index contributed by atoms with van der Waals surface area (Å²) in [7, 11) is 2.04. The number of benzene rings is 3. The van der Waals surface area contributed by atoms with Crippen molar-refractivity contribution in [2.75, 3.05) is 0 Å². The second-order valence-electron chi connectivity index (χ2n) is 7.77. The van der Waals surface area contributed by atoms with Gasteiger partial charge in [-0.05, 0) is 43.2 Å². The Labute approximate surface area is 175 Å². The predicted molar refractivity (Wildman–Crippen MR) is 120 cm³/mol. The molecule has 0 aliphatic carbocycles. The van der Waals surface area contributed by atoms with Crippen LogP contribution in [0, 0.1) is 25.2 Å². The molecule has 0 N–H and O–H groups in total. The molecule has 0 spiro atoms. The van der Waals surface area contributed by atoms with Crippen molar-refractivity contribution in [2.45, 2.75) is 13.8 Å². The predicted octanol–water partition coefficient (Wildman–Crippen LogP) is 6.23. The summed E-state index contributed by atoms with van der Waals surface area (Å²) in [5, 5.41) is 11.9. The van der Waals surface area contributed by atoms with E-state index < -0.39 is 0 Å². The smallest absolute Gasteiger partial charge is 0.216 e. The van der Waals surface area contributed by atoms with E-state index in [0.717, 1.165) is 49.9 Å². The molecule has 3 nitrogen and oxygen atoms in total. The third-order valence-electron chi connectivity index (χ3n) is 5.79. The minimum atomic E-state index is 0.654. The van der Waals surface area contributed by atoms with Crippen LogP contribution in [0.5, 0.6) is 0 Å². The number of hydrogen-bond acceptors (Lipinski definition) is 2. The summed E-state index contributed by atoms with van der Waals surface area (Å²) in [6, 6.07) is 24.9. The normalized spacial score (nSPS) is 11.1. The molecular weight excluding hydrogens is 368 g/mol. The first-order chi connectivity index (χ1) is 14.6. The number of aromatic nitrogens is 1. The molecule has 0 radical (unpaired) electrons. The van der Waals surface area contributed by atoms with E-state index in [2.05, 4.69) is 66.9 Å². The van der Waals surface area contributed by atoms with Crippen molar-refractivity contribution < 1.29 is 8.98 Å². The molecule has 0 saturated heterocycles. The van der Waals surface area contributed by atoms with Gasteiger partial charge >= 0.3 is 0 Å². The van der Waals surface area contributed by atoms with Gasteiger partial charge in [0.25, 0.3) is 0 Å². The van der Waals surface area contributed by atoms with Crippen LogP contribution in [-0.2, 0) is 7.05 Å². The van der Waals surface area contributed by atoms with Crippen LogP contribution in [0.15, 0.2) is 77.3 Å². The highest BCUT2D eigenvalue weighted by molar-refractivity contribution is 6.16. The molecule has 0 saturated carbocycles. The Hall–Kier alpha value is -3.90. The molecule has 0 fully saturated rings. The molecule has 2 aromatic heterocycles. The van der Waals surface area contributed by atoms with Crippen LogP contribution < -0.4 is 4.57 Å². The molecule has 30 heavy (non-hydrogen) atoms. The van der Waals surface area contributed by atoms with Crippen LogP contribution in [0.3, 0.4) is 0 Å². The van der Waals surface area contributed by atoms with Gasteiger partial charge in [-0.1, -0.05) is 42.0 Å². The van der Waals surface area contributed by atoms with E-state index in [4.69, 9.17) is 4.42 Å². The number of furan rings is 1. The number of nitriles is 1. The highest BCUT2D eigenvalue weighted by atomic mass is 16.3. The standard InChI is InChI=1S/C27H21N2O/c1-17-7-10-19(11-8-17)25-20(16-28)12-14-23-26(25)21-13-9-18(2)24(27(21)30-23)22-6-4-5-15-29(22)3/h4-15H,1-3H3/q+1. The van der Waals surface area contributed by atoms with Crippen LogP contribution in [0.4, 0.5) is 0 Å². The summed E-state index contributed by atoms with van der Waals surface area (Å²) in [4.78, 5) is 0. The average Bonchev–Trinajstić information content (AvgIpc) is 3.13. The van der Waals surface area contributed by atoms with E-state index in [1.54, 1.807) is 0 Å². The van der Waals surface area contributed by atoms with Crippen molar-refractivity contribution in [3.05, 3.63) is 89.6 Å². The number of nitrogens with zero attached hydrogens (tertiary/aromatic N) is 2. The molecule has 144 valence electrons. The van der Waals surface area contributed by atoms with Crippen molar-refractivity contribution in [1.29, 1.82) is 5.26 Å². The zero-order chi connectivity index (χ0) is 20.8. The zero-order valence-corrected chi connectivity index (χ0v) is 17.2. The molecule has 0 atom stereocenters. The minimum absolute atomic E-state index is 0.654. The number of hydrogen-bond donors (Lipinski definition) is 0. The van der Waals surface area contributed by atoms with Gasteiger partial charge in [0.15, 0.2) is 6.20 Å². The van der Waals surface area contributed by atoms with E-state index in [-0.39, 0.29) is 0 Å². The molecule has 5 aromatic rings. The lowest BCUT2D eigenvalue weighted by atomic mass is 9.93. The van der Waals surface area contributed by atoms with Crippen LogP contribution in [-0.4, -0.2) is 0 Å². The van der Waals surface area contributed by atoms with Gasteiger partial charge in [-0.25, -0.2) is 4.57 Å². The molecule has 0 aliphatic rings. The fourth-order valence-electron chi connectivity index (χ4n) is 4.24. The topological polar surface area (TPSA) is 40.8 Å². The molecule has 0 bridgehead atoms. The van der Waals surface area contributed by atoms with E-state index in [1.807, 2.05) is 37.5 Å². The summed E-state index contributed by atoms with van der Waals surface area (Å²) in [5.41, 5.74) is 8.79. The molecule has 0 aliphatic heterocycles. The summed E-state index contributed by atoms with van der Waals surface area (Å²) >= 11 is 0. The Morgan fingerprint density at radius 3 is 2.40 bits per heavy atom. The fourth-order valence-corrected chi connectivity index (χ4v) is 4.24. The van der Waals surface area contributed by atoms with Crippen LogP contribution >= 0.6 is 0 Å². The lowest BCUT2D eigenvalue weighted by Gasteiger charge is -2.08. The largest absolute Gasteiger partial charge is 0.455 e. The molecular formula is C27H21N2O+. The second kappa shape index (κ2) is 6.86. The van der Waals surface area contributed by atoms with Gasteiger partial charge in [0, 0.05) is 28.5 Å². The summed E-state index contributed by atoms with van der Waals surface area (Å²) < 4.78 is 8.54. The first-order valence-corrected chi connectivity index (χ1v) is 9.99. The maximum atomic E-state index is 9.83. The third-order valence-corrected chi connectivity index (χ3v) is 5.79. The molecule has 5 rings (SSSR count). The van der Waals surface area contributed by atoms with Gasteiger partial charge < -0.3 is 4.42 Å². The maximum absolute atomic E-state index is 9.83. The Bertz CT molecular complexity index is 1470. The van der Waals surface area contributed by atoms with Gasteiger partial charge in [0.2, 0.25) is 5.69 Å². The Morgan fingerprint density at radius 2 is 1.67 bits per heavy atom. The lowest BCUT2D eigenvalue weighted by molar-refractivity contribution is -0.660. The highest BCUT2D eigenvalue weighted by Crippen LogP contribution is 2.42. The molecule has 3 heteroatoms. The number of rotatable bonds is 2. The first kappa shape index (κ1) is 18.1. The molecule has 0 amide bonds. The third kappa shape index (κ3) is 2.69. The van der Waals surface area contributed by atoms with E-state index in [1.165, 1.54) is 5.56 Å². The molecule has 0 unspecified atom stereocenters. The number of fused-ring (bicyclic) bond motifs is 3. The van der Waals surface area contributed by atoms with E-state index in [0.29, 0.717) is 5.56 Å². The van der Waals surface area contributed by atoms with Gasteiger partial charge in [-0.2, -0.15) is 5.26 Å². The van der Waals surface area contributed by atoms with Crippen molar-refractivity contribution >= 4 is 21.9 Å². The highest BCUT2D eigenvalue weighted by Gasteiger charge is 2.22.